The molecule has 6 nitrogen and oxygen atoms in total. The summed E-state index contributed by atoms with van der Waals surface area (Å²) in [6.07, 6.45) is 1.02. The van der Waals surface area contributed by atoms with Crippen LogP contribution in [0.25, 0.3) is 0 Å². The van der Waals surface area contributed by atoms with Gasteiger partial charge in [-0.15, -0.1) is 0 Å². The molecule has 2 rings (SSSR count). The molecular weight excluding hydrogens is 372 g/mol. The predicted octanol–water partition coefficient (Wildman–Crippen LogP) is 3.37. The Balaban J connectivity index is 2.30. The molecule has 0 saturated carbocycles. The van der Waals surface area contributed by atoms with E-state index in [1.54, 1.807) is 0 Å². The van der Waals surface area contributed by atoms with Gasteiger partial charge in [0, 0.05) is 29.4 Å². The maximum Gasteiger partial charge on any atom is 0.270 e. The van der Waals surface area contributed by atoms with Crippen LogP contribution in [0.15, 0.2) is 51.8 Å². The highest BCUT2D eigenvalue weighted by molar-refractivity contribution is 9.10. The van der Waals surface area contributed by atoms with Crippen LogP contribution in [0.1, 0.15) is 5.56 Å². The highest BCUT2D eigenvalue weighted by atomic mass is 79.9. The van der Waals surface area contributed by atoms with Gasteiger partial charge in [-0.1, -0.05) is 28.1 Å². The molecule has 0 bridgehead atoms. The lowest BCUT2D eigenvalue weighted by molar-refractivity contribution is -0.385. The van der Waals surface area contributed by atoms with Crippen molar-refractivity contribution in [2.75, 3.05) is 11.6 Å². The zero-order valence-electron chi connectivity index (χ0n) is 11.6. The molecule has 0 unspecified atom stereocenters. The van der Waals surface area contributed by atoms with Gasteiger partial charge < -0.3 is 5.32 Å². The Morgan fingerprint density at radius 1 is 1.18 bits per heavy atom. The van der Waals surface area contributed by atoms with E-state index < -0.39 is 14.8 Å². The molecule has 2 aromatic carbocycles. The summed E-state index contributed by atoms with van der Waals surface area (Å²) < 4.78 is 24.6. The fourth-order valence-corrected chi connectivity index (χ4v) is 3.02. The van der Waals surface area contributed by atoms with Crippen LogP contribution < -0.4 is 5.32 Å². The van der Waals surface area contributed by atoms with Crippen molar-refractivity contribution in [1.82, 2.24) is 0 Å². The summed E-state index contributed by atoms with van der Waals surface area (Å²) in [5.41, 5.74) is 1.05. The number of anilines is 1. The maximum atomic E-state index is 11.8. The third kappa shape index (κ3) is 4.05. The van der Waals surface area contributed by atoms with Crippen LogP contribution in [0.4, 0.5) is 11.4 Å². The monoisotopic (exact) mass is 384 g/mol. The zero-order chi connectivity index (χ0) is 16.3. The number of benzene rings is 2. The average Bonchev–Trinajstić information content (AvgIpc) is 2.45. The maximum absolute atomic E-state index is 11.8. The van der Waals surface area contributed by atoms with Crippen LogP contribution in [-0.2, 0) is 16.4 Å². The Labute approximate surface area is 136 Å². The molecule has 1 N–H and O–H groups in total. The molecule has 0 saturated heterocycles. The quantitative estimate of drug-likeness (QED) is 0.630. The fraction of sp³-hybridized carbons (Fsp3) is 0.143. The average molecular weight is 385 g/mol. The summed E-state index contributed by atoms with van der Waals surface area (Å²) in [6.45, 7) is 0.410. The van der Waals surface area contributed by atoms with Crippen LogP contribution >= 0.6 is 15.9 Å². The van der Waals surface area contributed by atoms with Crippen LogP contribution in [0, 0.1) is 10.1 Å². The van der Waals surface area contributed by atoms with Crippen molar-refractivity contribution in [3.63, 3.8) is 0 Å². The van der Waals surface area contributed by atoms with Crippen molar-refractivity contribution in [2.45, 2.75) is 11.4 Å². The third-order valence-electron chi connectivity index (χ3n) is 2.97. The van der Waals surface area contributed by atoms with Gasteiger partial charge in [0.2, 0.25) is 0 Å². The number of halogens is 1. The molecular formula is C14H13BrN2O4S. The molecule has 2 aromatic rings. The molecule has 0 aliphatic heterocycles. The van der Waals surface area contributed by atoms with Crippen LogP contribution in [-0.4, -0.2) is 19.6 Å². The van der Waals surface area contributed by atoms with Gasteiger partial charge in [0.25, 0.3) is 5.69 Å². The van der Waals surface area contributed by atoms with Gasteiger partial charge in [-0.25, -0.2) is 8.42 Å². The predicted molar refractivity (Wildman–Crippen MR) is 87.7 cm³/mol. The Bertz CT molecular complexity index is 804. The highest BCUT2D eigenvalue weighted by Crippen LogP contribution is 2.27. The number of sulfone groups is 1. The van der Waals surface area contributed by atoms with E-state index in [0.717, 1.165) is 22.4 Å². The standard InChI is InChI=1S/C14H13BrN2O4S/c1-22(20,21)14-8-12(17(18)19)6-7-13(14)16-9-10-2-4-11(15)5-3-10/h2-8,16H,9H2,1H3. The van der Waals surface area contributed by atoms with Crippen molar-refractivity contribution >= 4 is 37.1 Å². The molecule has 8 heteroatoms. The lowest BCUT2D eigenvalue weighted by Crippen LogP contribution is -2.07. The second kappa shape index (κ2) is 6.45. The van der Waals surface area contributed by atoms with E-state index in [4.69, 9.17) is 0 Å². The molecule has 0 spiro atoms. The van der Waals surface area contributed by atoms with E-state index in [0.29, 0.717) is 12.2 Å². The smallest absolute Gasteiger partial charge is 0.270 e. The summed E-state index contributed by atoms with van der Waals surface area (Å²) in [5.74, 6) is 0. The fourth-order valence-electron chi connectivity index (χ4n) is 1.88. The SMILES string of the molecule is CS(=O)(=O)c1cc([N+](=O)[O-])ccc1NCc1ccc(Br)cc1. The summed E-state index contributed by atoms with van der Waals surface area (Å²) in [6, 6.07) is 11.3. The largest absolute Gasteiger partial charge is 0.380 e. The van der Waals surface area contributed by atoms with E-state index >= 15 is 0 Å². The van der Waals surface area contributed by atoms with Gasteiger partial charge in [-0.2, -0.15) is 0 Å². The van der Waals surface area contributed by atoms with E-state index in [1.165, 1.54) is 12.1 Å². The minimum absolute atomic E-state index is 0.0844. The Kier molecular flexibility index (Phi) is 4.82. The summed E-state index contributed by atoms with van der Waals surface area (Å²) in [5, 5.41) is 13.8. The molecule has 22 heavy (non-hydrogen) atoms. The first-order chi connectivity index (χ1) is 10.3. The summed E-state index contributed by atoms with van der Waals surface area (Å²) in [7, 11) is -3.58. The van der Waals surface area contributed by atoms with E-state index in [2.05, 4.69) is 21.2 Å². The first-order valence-electron chi connectivity index (χ1n) is 6.24. The highest BCUT2D eigenvalue weighted by Gasteiger charge is 2.18. The van der Waals surface area contributed by atoms with E-state index in [-0.39, 0.29) is 10.6 Å². The molecule has 0 atom stereocenters. The zero-order valence-corrected chi connectivity index (χ0v) is 14.0. The molecule has 0 aliphatic rings. The Morgan fingerprint density at radius 2 is 1.82 bits per heavy atom. The van der Waals surface area contributed by atoms with Crippen LogP contribution in [0.5, 0.6) is 0 Å². The molecule has 0 radical (unpaired) electrons. The molecule has 0 amide bonds. The van der Waals surface area contributed by atoms with Crippen LogP contribution in [0.2, 0.25) is 0 Å². The number of nitro groups is 1. The third-order valence-corrected chi connectivity index (χ3v) is 4.64. The molecule has 0 heterocycles. The first-order valence-corrected chi connectivity index (χ1v) is 8.92. The summed E-state index contributed by atoms with van der Waals surface area (Å²) in [4.78, 5) is 10.1. The van der Waals surface area contributed by atoms with Gasteiger partial charge in [0.05, 0.1) is 15.5 Å². The minimum Gasteiger partial charge on any atom is -0.380 e. The number of nitrogens with zero attached hydrogens (tertiary/aromatic N) is 1. The van der Waals surface area contributed by atoms with E-state index in [9.17, 15) is 18.5 Å². The second-order valence-corrected chi connectivity index (χ2v) is 7.59. The van der Waals surface area contributed by atoms with Gasteiger partial charge in [-0.3, -0.25) is 10.1 Å². The first kappa shape index (κ1) is 16.4. The number of nitrogens with one attached hydrogen (secondary N) is 1. The van der Waals surface area contributed by atoms with Crippen molar-refractivity contribution in [2.24, 2.45) is 0 Å². The number of non-ortho nitro benzene ring substituents is 1. The van der Waals surface area contributed by atoms with Crippen molar-refractivity contribution in [3.05, 3.63) is 62.6 Å². The second-order valence-electron chi connectivity index (χ2n) is 4.69. The Morgan fingerprint density at radius 3 is 2.36 bits per heavy atom. The minimum atomic E-state index is -3.58. The number of nitro benzene ring substituents is 1. The van der Waals surface area contributed by atoms with Gasteiger partial charge in [0.15, 0.2) is 9.84 Å². The van der Waals surface area contributed by atoms with E-state index in [1.807, 2.05) is 24.3 Å². The van der Waals surface area contributed by atoms with Crippen molar-refractivity contribution in [3.8, 4) is 0 Å². The lowest BCUT2D eigenvalue weighted by atomic mass is 10.2. The van der Waals surface area contributed by atoms with Crippen molar-refractivity contribution < 1.29 is 13.3 Å². The topological polar surface area (TPSA) is 89.3 Å². The van der Waals surface area contributed by atoms with Gasteiger partial charge in [-0.05, 0) is 23.8 Å². The van der Waals surface area contributed by atoms with Gasteiger partial charge >= 0.3 is 0 Å². The van der Waals surface area contributed by atoms with Gasteiger partial charge in [0.1, 0.15) is 0 Å². The van der Waals surface area contributed by atoms with Crippen molar-refractivity contribution in [1.29, 1.82) is 0 Å². The lowest BCUT2D eigenvalue weighted by Gasteiger charge is -2.11. The molecule has 116 valence electrons. The molecule has 0 aliphatic carbocycles. The normalized spacial score (nSPS) is 11.2. The molecule has 0 aromatic heterocycles. The molecule has 0 fully saturated rings. The number of hydrogen-bond donors (Lipinski definition) is 1. The summed E-state index contributed by atoms with van der Waals surface area (Å²) >= 11 is 3.34. The van der Waals surface area contributed by atoms with Crippen LogP contribution in [0.3, 0.4) is 0 Å². The number of hydrogen-bond acceptors (Lipinski definition) is 5. The Hall–Kier alpha value is -1.93. The number of rotatable bonds is 5.